The van der Waals surface area contributed by atoms with Gasteiger partial charge in [-0.2, -0.15) is 4.39 Å². The van der Waals surface area contributed by atoms with Gasteiger partial charge in [-0.1, -0.05) is 6.07 Å². The molecule has 1 aliphatic rings. The molecule has 0 spiro atoms. The normalized spacial score (nSPS) is 21.5. The number of benzene rings is 1. The van der Waals surface area contributed by atoms with Gasteiger partial charge in [-0.15, -0.1) is 0 Å². The summed E-state index contributed by atoms with van der Waals surface area (Å²) in [6, 6.07) is 2.75. The topological polar surface area (TPSA) is 24.5 Å². The van der Waals surface area contributed by atoms with Gasteiger partial charge in [0, 0.05) is 25.2 Å². The van der Waals surface area contributed by atoms with Gasteiger partial charge in [0.15, 0.2) is 11.6 Å². The summed E-state index contributed by atoms with van der Waals surface area (Å²) in [5.74, 6) is -1.79. The highest BCUT2D eigenvalue weighted by molar-refractivity contribution is 5.38. The Bertz CT molecular complexity index is 412. The fraction of sp³-hybridized carbons (Fsp3) is 0.500. The summed E-state index contributed by atoms with van der Waals surface area (Å²) < 4.78 is 31.7. The van der Waals surface area contributed by atoms with Crippen molar-refractivity contribution >= 4 is 0 Å². The van der Waals surface area contributed by atoms with E-state index in [1.807, 2.05) is 7.05 Å². The summed E-state index contributed by atoms with van der Waals surface area (Å²) in [6.07, 6.45) is 0. The molecule has 2 rings (SSSR count). The molecule has 1 aromatic carbocycles. The van der Waals surface area contributed by atoms with E-state index in [1.54, 1.807) is 6.07 Å². The van der Waals surface area contributed by atoms with E-state index in [1.165, 1.54) is 7.11 Å². The number of nitrogens with one attached hydrogen (secondary N) is 1. The van der Waals surface area contributed by atoms with Crippen LogP contribution in [-0.4, -0.2) is 38.7 Å². The van der Waals surface area contributed by atoms with Crippen LogP contribution in [0.25, 0.3) is 0 Å². The minimum atomic E-state index is -0.913. The zero-order valence-electron chi connectivity index (χ0n) is 9.96. The molecular formula is C12H16F2N2O. The molecule has 1 aromatic rings. The zero-order chi connectivity index (χ0) is 12.4. The standard InChI is InChI=1S/C12H16F2N2O/c1-16-6-5-15-7-10(16)8-3-4-9(13)11(14)12(8)17-2/h3-4,10,15H,5-7H2,1-2H3. The summed E-state index contributed by atoms with van der Waals surface area (Å²) in [7, 11) is 3.32. The third kappa shape index (κ3) is 2.25. The highest BCUT2D eigenvalue weighted by Gasteiger charge is 2.26. The van der Waals surface area contributed by atoms with Crippen molar-refractivity contribution in [2.75, 3.05) is 33.8 Å². The average molecular weight is 242 g/mol. The molecule has 3 nitrogen and oxygen atoms in total. The molecule has 1 aliphatic heterocycles. The number of piperazine rings is 1. The van der Waals surface area contributed by atoms with Crippen molar-refractivity contribution in [3.05, 3.63) is 29.3 Å². The molecule has 1 unspecified atom stereocenters. The summed E-state index contributed by atoms with van der Waals surface area (Å²) in [6.45, 7) is 2.48. The third-order valence-corrected chi connectivity index (χ3v) is 3.15. The Balaban J connectivity index is 2.40. The quantitative estimate of drug-likeness (QED) is 0.851. The maximum absolute atomic E-state index is 13.6. The SMILES string of the molecule is COc1c(C2CNCCN2C)ccc(F)c1F. The van der Waals surface area contributed by atoms with Crippen LogP contribution in [0.2, 0.25) is 0 Å². The van der Waals surface area contributed by atoms with E-state index >= 15 is 0 Å². The number of hydrogen-bond donors (Lipinski definition) is 1. The second-order valence-corrected chi connectivity index (χ2v) is 4.18. The lowest BCUT2D eigenvalue weighted by Gasteiger charge is -2.34. The van der Waals surface area contributed by atoms with Gasteiger partial charge in [0.05, 0.1) is 13.2 Å². The molecule has 0 aliphatic carbocycles. The lowest BCUT2D eigenvalue weighted by atomic mass is 10.0. The van der Waals surface area contributed by atoms with Crippen LogP contribution in [-0.2, 0) is 0 Å². The van der Waals surface area contributed by atoms with Gasteiger partial charge in [-0.25, -0.2) is 4.39 Å². The Hall–Kier alpha value is -1.20. The van der Waals surface area contributed by atoms with E-state index in [9.17, 15) is 8.78 Å². The highest BCUT2D eigenvalue weighted by Crippen LogP contribution is 2.32. The number of rotatable bonds is 2. The van der Waals surface area contributed by atoms with Gasteiger partial charge in [-0.05, 0) is 13.1 Å². The first-order chi connectivity index (χ1) is 8.15. The number of halogens is 2. The van der Waals surface area contributed by atoms with E-state index in [0.29, 0.717) is 12.1 Å². The predicted octanol–water partition coefficient (Wildman–Crippen LogP) is 1.55. The van der Waals surface area contributed by atoms with E-state index in [-0.39, 0.29) is 11.8 Å². The fourth-order valence-electron chi connectivity index (χ4n) is 2.17. The Morgan fingerprint density at radius 3 is 2.82 bits per heavy atom. The molecule has 0 radical (unpaired) electrons. The van der Waals surface area contributed by atoms with Crippen molar-refractivity contribution in [3.8, 4) is 5.75 Å². The second-order valence-electron chi connectivity index (χ2n) is 4.18. The first-order valence-corrected chi connectivity index (χ1v) is 5.58. The van der Waals surface area contributed by atoms with Gasteiger partial charge < -0.3 is 10.1 Å². The maximum Gasteiger partial charge on any atom is 0.200 e. The third-order valence-electron chi connectivity index (χ3n) is 3.15. The van der Waals surface area contributed by atoms with Crippen LogP contribution in [0, 0.1) is 11.6 Å². The zero-order valence-corrected chi connectivity index (χ0v) is 9.96. The van der Waals surface area contributed by atoms with Crippen LogP contribution < -0.4 is 10.1 Å². The molecule has 94 valence electrons. The maximum atomic E-state index is 13.6. The van der Waals surface area contributed by atoms with Crippen LogP contribution in [0.15, 0.2) is 12.1 Å². The van der Waals surface area contributed by atoms with Crippen molar-refractivity contribution in [3.63, 3.8) is 0 Å². The van der Waals surface area contributed by atoms with E-state index in [0.717, 1.165) is 19.2 Å². The lowest BCUT2D eigenvalue weighted by Crippen LogP contribution is -2.44. The number of ether oxygens (including phenoxy) is 1. The smallest absolute Gasteiger partial charge is 0.200 e. The van der Waals surface area contributed by atoms with Crippen LogP contribution in [0.5, 0.6) is 5.75 Å². The van der Waals surface area contributed by atoms with Gasteiger partial charge >= 0.3 is 0 Å². The molecule has 0 bridgehead atoms. The largest absolute Gasteiger partial charge is 0.493 e. The van der Waals surface area contributed by atoms with Crippen molar-refractivity contribution in [1.82, 2.24) is 10.2 Å². The molecule has 0 aromatic heterocycles. The van der Waals surface area contributed by atoms with Crippen molar-refractivity contribution in [2.24, 2.45) is 0 Å². The van der Waals surface area contributed by atoms with Crippen LogP contribution in [0.3, 0.4) is 0 Å². The van der Waals surface area contributed by atoms with Gasteiger partial charge in [0.1, 0.15) is 0 Å². The summed E-state index contributed by atoms with van der Waals surface area (Å²) in [4.78, 5) is 2.10. The summed E-state index contributed by atoms with van der Waals surface area (Å²) in [5, 5.41) is 3.24. The Morgan fingerprint density at radius 1 is 1.41 bits per heavy atom. The first kappa shape index (κ1) is 12.3. The molecular weight excluding hydrogens is 226 g/mol. The highest BCUT2D eigenvalue weighted by atomic mass is 19.2. The van der Waals surface area contributed by atoms with E-state index in [2.05, 4.69) is 10.2 Å². The van der Waals surface area contributed by atoms with Gasteiger partial charge in [0.25, 0.3) is 0 Å². The summed E-state index contributed by atoms with van der Waals surface area (Å²) in [5.41, 5.74) is 0.682. The van der Waals surface area contributed by atoms with Crippen molar-refractivity contribution < 1.29 is 13.5 Å². The Labute approximate surface area is 99.4 Å². The monoisotopic (exact) mass is 242 g/mol. The molecule has 1 N–H and O–H groups in total. The molecule has 1 atom stereocenters. The average Bonchev–Trinajstić information content (AvgIpc) is 2.33. The van der Waals surface area contributed by atoms with E-state index in [4.69, 9.17) is 4.74 Å². The number of nitrogens with zero attached hydrogens (tertiary/aromatic N) is 1. The minimum Gasteiger partial charge on any atom is -0.493 e. The predicted molar refractivity (Wildman–Crippen MR) is 61.2 cm³/mol. The lowest BCUT2D eigenvalue weighted by molar-refractivity contribution is 0.196. The Morgan fingerprint density at radius 2 is 2.18 bits per heavy atom. The number of likely N-dealkylation sites (N-methyl/N-ethyl adjacent to an activating group) is 1. The summed E-state index contributed by atoms with van der Waals surface area (Å²) >= 11 is 0. The second kappa shape index (κ2) is 4.98. The van der Waals surface area contributed by atoms with Crippen LogP contribution in [0.1, 0.15) is 11.6 Å². The van der Waals surface area contributed by atoms with Crippen LogP contribution in [0.4, 0.5) is 8.78 Å². The van der Waals surface area contributed by atoms with Crippen molar-refractivity contribution in [2.45, 2.75) is 6.04 Å². The molecule has 1 heterocycles. The minimum absolute atomic E-state index is 0.00514. The molecule has 17 heavy (non-hydrogen) atoms. The molecule has 1 saturated heterocycles. The molecule has 0 amide bonds. The molecule has 0 saturated carbocycles. The Kier molecular flexibility index (Phi) is 3.59. The first-order valence-electron chi connectivity index (χ1n) is 5.58. The van der Waals surface area contributed by atoms with Gasteiger partial charge in [-0.3, -0.25) is 4.90 Å². The van der Waals surface area contributed by atoms with Gasteiger partial charge in [0.2, 0.25) is 5.82 Å². The van der Waals surface area contributed by atoms with Crippen LogP contribution >= 0.6 is 0 Å². The molecule has 5 heteroatoms. The number of methoxy groups -OCH3 is 1. The molecule has 1 fully saturated rings. The van der Waals surface area contributed by atoms with Crippen molar-refractivity contribution in [1.29, 1.82) is 0 Å². The van der Waals surface area contributed by atoms with E-state index < -0.39 is 11.6 Å². The fourth-order valence-corrected chi connectivity index (χ4v) is 2.17. The number of hydrogen-bond acceptors (Lipinski definition) is 3.